The summed E-state index contributed by atoms with van der Waals surface area (Å²) in [6.07, 6.45) is 2.22. The Labute approximate surface area is 152 Å². The summed E-state index contributed by atoms with van der Waals surface area (Å²) in [5, 5.41) is 5.37. The molecule has 5 heteroatoms. The molecule has 0 fully saturated rings. The lowest BCUT2D eigenvalue weighted by Gasteiger charge is -2.07. The molecule has 2 amide bonds. The summed E-state index contributed by atoms with van der Waals surface area (Å²) in [6, 6.07) is 20.9. The summed E-state index contributed by atoms with van der Waals surface area (Å²) < 4.78 is 5.19. The maximum absolute atomic E-state index is 12.2. The zero-order valence-electron chi connectivity index (χ0n) is 14.3. The topological polar surface area (TPSA) is 71.3 Å². The van der Waals surface area contributed by atoms with Crippen LogP contribution in [-0.4, -0.2) is 24.9 Å². The first kappa shape index (κ1) is 17.5. The lowest BCUT2D eigenvalue weighted by molar-refractivity contribution is -0.120. The largest absolute Gasteiger partial charge is 0.469 e. The fourth-order valence-corrected chi connectivity index (χ4v) is 2.55. The number of rotatable bonds is 7. The van der Waals surface area contributed by atoms with Crippen LogP contribution >= 0.6 is 0 Å². The minimum atomic E-state index is -0.272. The molecule has 1 heterocycles. The van der Waals surface area contributed by atoms with E-state index >= 15 is 0 Å². The quantitative estimate of drug-likeness (QED) is 0.689. The zero-order chi connectivity index (χ0) is 18.2. The van der Waals surface area contributed by atoms with Gasteiger partial charge in [0.05, 0.1) is 12.8 Å². The van der Waals surface area contributed by atoms with Gasteiger partial charge in [0.2, 0.25) is 5.91 Å². The van der Waals surface area contributed by atoms with Gasteiger partial charge < -0.3 is 15.1 Å². The predicted molar refractivity (Wildman–Crippen MR) is 99.6 cm³/mol. The maximum atomic E-state index is 12.2. The van der Waals surface area contributed by atoms with Crippen molar-refractivity contribution in [3.05, 3.63) is 84.3 Å². The molecule has 2 aromatic carbocycles. The highest BCUT2D eigenvalue weighted by atomic mass is 16.3. The molecule has 0 radical (unpaired) electrons. The number of hydrogen-bond donors (Lipinski definition) is 2. The van der Waals surface area contributed by atoms with Gasteiger partial charge in [0, 0.05) is 18.5 Å². The molecule has 0 unspecified atom stereocenters. The SMILES string of the molecule is O=C(CNC(=O)c1ccc(-c2ccccc2)cc1)NCCc1ccco1. The van der Waals surface area contributed by atoms with Gasteiger partial charge in [0.1, 0.15) is 5.76 Å². The Balaban J connectivity index is 1.45. The van der Waals surface area contributed by atoms with Gasteiger partial charge in [-0.1, -0.05) is 42.5 Å². The molecule has 3 rings (SSSR count). The van der Waals surface area contributed by atoms with Gasteiger partial charge in [-0.2, -0.15) is 0 Å². The van der Waals surface area contributed by atoms with E-state index in [1.807, 2.05) is 48.5 Å². The Bertz CT molecular complexity index is 841. The van der Waals surface area contributed by atoms with Gasteiger partial charge >= 0.3 is 0 Å². The van der Waals surface area contributed by atoms with Gasteiger partial charge in [-0.05, 0) is 35.4 Å². The lowest BCUT2D eigenvalue weighted by atomic mass is 10.0. The third kappa shape index (κ3) is 4.83. The van der Waals surface area contributed by atoms with Crippen LogP contribution in [0.3, 0.4) is 0 Å². The highest BCUT2D eigenvalue weighted by molar-refractivity contribution is 5.96. The molecule has 0 aliphatic carbocycles. The second-order valence-electron chi connectivity index (χ2n) is 5.81. The van der Waals surface area contributed by atoms with E-state index in [0.29, 0.717) is 18.5 Å². The first-order chi connectivity index (χ1) is 12.7. The molecule has 0 saturated heterocycles. The van der Waals surface area contributed by atoms with Crippen molar-refractivity contribution in [3.8, 4) is 11.1 Å². The van der Waals surface area contributed by atoms with Crippen LogP contribution in [0.15, 0.2) is 77.4 Å². The van der Waals surface area contributed by atoms with Crippen molar-refractivity contribution < 1.29 is 14.0 Å². The second kappa shape index (κ2) is 8.67. The van der Waals surface area contributed by atoms with Crippen molar-refractivity contribution >= 4 is 11.8 Å². The first-order valence-electron chi connectivity index (χ1n) is 8.45. The molecule has 132 valence electrons. The monoisotopic (exact) mass is 348 g/mol. The number of nitrogens with one attached hydrogen (secondary N) is 2. The average Bonchev–Trinajstić information content (AvgIpc) is 3.20. The van der Waals surface area contributed by atoms with Crippen LogP contribution in [0.5, 0.6) is 0 Å². The van der Waals surface area contributed by atoms with Crippen LogP contribution in [0.4, 0.5) is 0 Å². The van der Waals surface area contributed by atoms with Gasteiger partial charge in [0.25, 0.3) is 5.91 Å². The van der Waals surface area contributed by atoms with Gasteiger partial charge in [0.15, 0.2) is 0 Å². The fraction of sp³-hybridized carbons (Fsp3) is 0.143. The summed E-state index contributed by atoms with van der Waals surface area (Å²) in [7, 11) is 0. The zero-order valence-corrected chi connectivity index (χ0v) is 14.3. The third-order valence-electron chi connectivity index (χ3n) is 3.94. The second-order valence-corrected chi connectivity index (χ2v) is 5.81. The molecule has 3 aromatic rings. The number of amides is 2. The van der Waals surface area contributed by atoms with Crippen LogP contribution in [0, 0.1) is 0 Å². The van der Waals surface area contributed by atoms with E-state index in [9.17, 15) is 9.59 Å². The molecule has 0 atom stereocenters. The van der Waals surface area contributed by atoms with E-state index in [0.717, 1.165) is 16.9 Å². The smallest absolute Gasteiger partial charge is 0.251 e. The molecule has 0 spiro atoms. The Hall–Kier alpha value is -3.34. The first-order valence-corrected chi connectivity index (χ1v) is 8.45. The summed E-state index contributed by atoms with van der Waals surface area (Å²) in [5.41, 5.74) is 2.65. The number of carbonyl (C=O) groups is 2. The van der Waals surface area contributed by atoms with Gasteiger partial charge in [-0.15, -0.1) is 0 Å². The van der Waals surface area contributed by atoms with Gasteiger partial charge in [-0.25, -0.2) is 0 Å². The highest BCUT2D eigenvalue weighted by Crippen LogP contribution is 2.19. The minimum absolute atomic E-state index is 0.0581. The summed E-state index contributed by atoms with van der Waals surface area (Å²) in [4.78, 5) is 23.9. The van der Waals surface area contributed by atoms with Crippen LogP contribution < -0.4 is 10.6 Å². The highest BCUT2D eigenvalue weighted by Gasteiger charge is 2.08. The van der Waals surface area contributed by atoms with Crippen LogP contribution in [0.25, 0.3) is 11.1 Å². The van der Waals surface area contributed by atoms with Crippen molar-refractivity contribution in [2.45, 2.75) is 6.42 Å². The number of hydrogen-bond acceptors (Lipinski definition) is 3. The molecule has 0 bridgehead atoms. The molecule has 26 heavy (non-hydrogen) atoms. The van der Waals surface area contributed by atoms with Crippen LogP contribution in [0.1, 0.15) is 16.1 Å². The van der Waals surface area contributed by atoms with E-state index < -0.39 is 0 Å². The Morgan fingerprint density at radius 1 is 0.808 bits per heavy atom. The minimum Gasteiger partial charge on any atom is -0.469 e. The molecule has 0 aliphatic heterocycles. The van der Waals surface area contributed by atoms with Crippen LogP contribution in [0.2, 0.25) is 0 Å². The summed E-state index contributed by atoms with van der Waals surface area (Å²) >= 11 is 0. The Kier molecular flexibility index (Phi) is 5.83. The van der Waals surface area contributed by atoms with E-state index in [1.54, 1.807) is 24.5 Å². The fourth-order valence-electron chi connectivity index (χ4n) is 2.55. The number of benzene rings is 2. The molecular formula is C21H20N2O3. The standard InChI is InChI=1S/C21H20N2O3/c24-20(22-13-12-19-7-4-14-26-19)15-23-21(25)18-10-8-17(9-11-18)16-5-2-1-3-6-16/h1-11,14H,12-13,15H2,(H,22,24)(H,23,25). The van der Waals surface area contributed by atoms with E-state index in [2.05, 4.69) is 10.6 Å². The summed E-state index contributed by atoms with van der Waals surface area (Å²) in [5.74, 6) is 0.310. The Morgan fingerprint density at radius 3 is 2.23 bits per heavy atom. The predicted octanol–water partition coefficient (Wildman–Crippen LogP) is 3.04. The number of carbonyl (C=O) groups excluding carboxylic acids is 2. The van der Waals surface area contributed by atoms with Crippen molar-refractivity contribution in [1.82, 2.24) is 10.6 Å². The average molecular weight is 348 g/mol. The molecule has 1 aromatic heterocycles. The van der Waals surface area contributed by atoms with Gasteiger partial charge in [-0.3, -0.25) is 9.59 Å². The normalized spacial score (nSPS) is 10.3. The molecule has 0 aliphatic rings. The van der Waals surface area contributed by atoms with Crippen molar-refractivity contribution in [1.29, 1.82) is 0 Å². The lowest BCUT2D eigenvalue weighted by Crippen LogP contribution is -2.37. The molecule has 5 nitrogen and oxygen atoms in total. The summed E-state index contributed by atoms with van der Waals surface area (Å²) in [6.45, 7) is 0.408. The van der Waals surface area contributed by atoms with Crippen molar-refractivity contribution in [2.24, 2.45) is 0 Å². The molecule has 0 saturated carbocycles. The maximum Gasteiger partial charge on any atom is 0.251 e. The third-order valence-corrected chi connectivity index (χ3v) is 3.94. The van der Waals surface area contributed by atoms with Crippen LogP contribution in [-0.2, 0) is 11.2 Å². The van der Waals surface area contributed by atoms with Crippen molar-refractivity contribution in [3.63, 3.8) is 0 Å². The number of furan rings is 1. The van der Waals surface area contributed by atoms with Crippen molar-refractivity contribution in [2.75, 3.05) is 13.1 Å². The molecular weight excluding hydrogens is 328 g/mol. The van der Waals surface area contributed by atoms with E-state index in [1.165, 1.54) is 0 Å². The Morgan fingerprint density at radius 2 is 1.54 bits per heavy atom. The molecule has 2 N–H and O–H groups in total. The van der Waals surface area contributed by atoms with E-state index in [4.69, 9.17) is 4.42 Å². The van der Waals surface area contributed by atoms with E-state index in [-0.39, 0.29) is 18.4 Å².